The number of rotatable bonds is 10. The number of aromatic hydroxyl groups is 1. The summed E-state index contributed by atoms with van der Waals surface area (Å²) in [6.07, 6.45) is 3.54. The third-order valence-corrected chi connectivity index (χ3v) is 5.78. The summed E-state index contributed by atoms with van der Waals surface area (Å²) in [5, 5.41) is 9.81. The van der Waals surface area contributed by atoms with Gasteiger partial charge in [-0.1, -0.05) is 6.07 Å². The summed E-state index contributed by atoms with van der Waals surface area (Å²) in [5.41, 5.74) is 2.64. The lowest BCUT2D eigenvalue weighted by Gasteiger charge is -2.26. The molecule has 0 amide bonds. The van der Waals surface area contributed by atoms with Gasteiger partial charge in [0.05, 0.1) is 27.4 Å². The topological polar surface area (TPSA) is 45.1 Å². The Balaban J connectivity index is 2.25. The second kappa shape index (κ2) is 11.9. The number of ether oxygens (including phenoxy) is 1. The molecule has 2 aromatic rings. The van der Waals surface area contributed by atoms with E-state index in [1.54, 1.807) is 25.5 Å². The van der Waals surface area contributed by atoms with Crippen molar-refractivity contribution in [3.63, 3.8) is 0 Å². The Kier molecular flexibility index (Phi) is 9.92. The first-order valence-corrected chi connectivity index (χ1v) is 11.4. The first-order valence-electron chi connectivity index (χ1n) is 8.77. The van der Waals surface area contributed by atoms with Crippen molar-refractivity contribution in [2.45, 2.75) is 12.8 Å². The number of nitrogens with zero attached hydrogens (tertiary/aromatic N) is 2. The van der Waals surface area contributed by atoms with E-state index in [0.717, 1.165) is 42.9 Å². The lowest BCUT2D eigenvalue weighted by atomic mass is 10.1. The maximum atomic E-state index is 9.81. The molecule has 0 radical (unpaired) electrons. The normalized spacial score (nSPS) is 11.2. The minimum atomic E-state index is 0.152. The fourth-order valence-electron chi connectivity index (χ4n) is 2.67. The van der Waals surface area contributed by atoms with Gasteiger partial charge in [0.1, 0.15) is 11.5 Å². The quantitative estimate of drug-likeness (QED) is 0.262. The number of phenols is 1. The molecular weight excluding hydrogens is 531 g/mol. The molecule has 0 unspecified atom stereocenters. The molecule has 0 saturated heterocycles. The van der Waals surface area contributed by atoms with E-state index >= 15 is 0 Å². The molecule has 0 aromatic heterocycles. The van der Waals surface area contributed by atoms with Crippen LogP contribution in [0, 0.1) is 0 Å². The minimum Gasteiger partial charge on any atom is -0.506 e. The van der Waals surface area contributed by atoms with E-state index in [1.807, 2.05) is 18.2 Å². The molecule has 0 heterocycles. The highest BCUT2D eigenvalue weighted by molar-refractivity contribution is 9.11. The molecule has 0 aliphatic rings. The first-order chi connectivity index (χ1) is 13.5. The van der Waals surface area contributed by atoms with Gasteiger partial charge >= 0.3 is 0 Å². The van der Waals surface area contributed by atoms with Crippen LogP contribution in [0.5, 0.6) is 11.5 Å². The van der Waals surface area contributed by atoms with Gasteiger partial charge in [0.15, 0.2) is 0 Å². The predicted molar refractivity (Wildman–Crippen MR) is 127 cm³/mol. The summed E-state index contributed by atoms with van der Waals surface area (Å²) in [7, 11) is 1.66. The molecule has 2 rings (SSSR count). The van der Waals surface area contributed by atoms with Crippen LogP contribution in [0.4, 0.5) is 11.4 Å². The van der Waals surface area contributed by atoms with Gasteiger partial charge in [0, 0.05) is 31.1 Å². The van der Waals surface area contributed by atoms with E-state index in [4.69, 9.17) is 27.9 Å². The zero-order valence-corrected chi connectivity index (χ0v) is 20.2. The summed E-state index contributed by atoms with van der Waals surface area (Å²) in [4.78, 5) is 6.74. The van der Waals surface area contributed by atoms with Gasteiger partial charge in [-0.25, -0.2) is 0 Å². The van der Waals surface area contributed by atoms with Gasteiger partial charge in [-0.2, -0.15) is 0 Å². The van der Waals surface area contributed by atoms with Crippen LogP contribution < -0.4 is 9.64 Å². The van der Waals surface area contributed by atoms with Crippen LogP contribution in [-0.2, 0) is 0 Å². The van der Waals surface area contributed by atoms with Crippen LogP contribution in [0.15, 0.2) is 44.3 Å². The molecular formula is C20H22Br2Cl2N2O2. The van der Waals surface area contributed by atoms with Crippen molar-refractivity contribution in [1.82, 2.24) is 0 Å². The highest BCUT2D eigenvalue weighted by Gasteiger charge is 2.12. The van der Waals surface area contributed by atoms with E-state index in [0.29, 0.717) is 26.4 Å². The minimum absolute atomic E-state index is 0.152. The van der Waals surface area contributed by atoms with Crippen LogP contribution in [0.2, 0.25) is 0 Å². The molecule has 28 heavy (non-hydrogen) atoms. The molecule has 8 heteroatoms. The maximum absolute atomic E-state index is 9.81. The standard InChI is InChI=1S/C20H22Br2Cl2N2O2/c1-28-19-10-14(13-25-15-11-16(21)20(27)17(22)12-15)4-5-18(19)26(8-2-6-23)9-3-7-24/h4-5,10-13,27H,2-3,6-9H2,1H3. The number of alkyl halides is 2. The Labute approximate surface area is 192 Å². The molecule has 2 aromatic carbocycles. The van der Waals surface area contributed by atoms with Crippen LogP contribution in [0.25, 0.3) is 0 Å². The van der Waals surface area contributed by atoms with Crippen molar-refractivity contribution in [3.05, 3.63) is 44.8 Å². The Morgan fingerprint density at radius 2 is 1.68 bits per heavy atom. The summed E-state index contributed by atoms with van der Waals surface area (Å²) >= 11 is 18.4. The Morgan fingerprint density at radius 1 is 1.07 bits per heavy atom. The third-order valence-electron chi connectivity index (χ3n) is 4.03. The zero-order chi connectivity index (χ0) is 20.5. The fraction of sp³-hybridized carbons (Fsp3) is 0.350. The molecule has 152 valence electrons. The molecule has 0 spiro atoms. The molecule has 0 aliphatic carbocycles. The number of hydrogen-bond acceptors (Lipinski definition) is 4. The van der Waals surface area contributed by atoms with Crippen LogP contribution in [-0.4, -0.2) is 43.3 Å². The molecule has 0 bridgehead atoms. The number of hydrogen-bond donors (Lipinski definition) is 1. The van der Waals surface area contributed by atoms with Crippen molar-refractivity contribution < 1.29 is 9.84 Å². The van der Waals surface area contributed by atoms with Gasteiger partial charge in [-0.3, -0.25) is 4.99 Å². The summed E-state index contributed by atoms with van der Waals surface area (Å²) in [5.74, 6) is 2.16. The molecule has 0 aliphatic heterocycles. The number of aliphatic imine (C=N–C) groups is 1. The average molecular weight is 553 g/mol. The van der Waals surface area contributed by atoms with E-state index in [2.05, 4.69) is 41.8 Å². The summed E-state index contributed by atoms with van der Waals surface area (Å²) in [6, 6.07) is 9.49. The van der Waals surface area contributed by atoms with Crippen LogP contribution in [0.3, 0.4) is 0 Å². The van der Waals surface area contributed by atoms with Crippen molar-refractivity contribution in [2.75, 3.05) is 36.9 Å². The maximum Gasteiger partial charge on any atom is 0.144 e. The molecule has 0 saturated carbocycles. The number of anilines is 1. The zero-order valence-electron chi connectivity index (χ0n) is 15.5. The van der Waals surface area contributed by atoms with Crippen molar-refractivity contribution >= 4 is 72.7 Å². The van der Waals surface area contributed by atoms with Crippen molar-refractivity contribution in [3.8, 4) is 11.5 Å². The number of methoxy groups -OCH3 is 1. The second-order valence-corrected chi connectivity index (χ2v) is 8.48. The average Bonchev–Trinajstić information content (AvgIpc) is 2.70. The molecule has 0 fully saturated rings. The Bertz CT molecular complexity index is 788. The highest BCUT2D eigenvalue weighted by Crippen LogP contribution is 2.36. The summed E-state index contributed by atoms with van der Waals surface area (Å²) < 4.78 is 6.78. The Morgan fingerprint density at radius 3 is 2.21 bits per heavy atom. The van der Waals surface area contributed by atoms with Gasteiger partial charge in [0.2, 0.25) is 0 Å². The van der Waals surface area contributed by atoms with Crippen LogP contribution >= 0.6 is 55.1 Å². The lowest BCUT2D eigenvalue weighted by molar-refractivity contribution is 0.414. The van der Waals surface area contributed by atoms with Gasteiger partial charge < -0.3 is 14.7 Å². The Hall–Kier alpha value is -0.950. The smallest absolute Gasteiger partial charge is 0.144 e. The van der Waals surface area contributed by atoms with E-state index in [9.17, 15) is 5.11 Å². The third kappa shape index (κ3) is 6.55. The lowest BCUT2D eigenvalue weighted by Crippen LogP contribution is -2.26. The first kappa shape index (κ1) is 23.3. The predicted octanol–water partition coefficient (Wildman–Crippen LogP) is 6.74. The van der Waals surface area contributed by atoms with Crippen molar-refractivity contribution in [1.29, 1.82) is 0 Å². The SMILES string of the molecule is COc1cc(C=Nc2cc(Br)c(O)c(Br)c2)ccc1N(CCCCl)CCCCl. The van der Waals surface area contributed by atoms with Gasteiger partial charge in [-0.05, 0) is 74.5 Å². The van der Waals surface area contributed by atoms with Gasteiger partial charge in [-0.15, -0.1) is 23.2 Å². The second-order valence-electron chi connectivity index (χ2n) is 6.02. The van der Waals surface area contributed by atoms with Crippen molar-refractivity contribution in [2.24, 2.45) is 4.99 Å². The molecule has 0 atom stereocenters. The van der Waals surface area contributed by atoms with Gasteiger partial charge in [0.25, 0.3) is 0 Å². The van der Waals surface area contributed by atoms with E-state index < -0.39 is 0 Å². The molecule has 4 nitrogen and oxygen atoms in total. The number of benzene rings is 2. The van der Waals surface area contributed by atoms with E-state index in [-0.39, 0.29) is 5.75 Å². The number of phenolic OH excluding ortho intramolecular Hbond substituents is 1. The van der Waals surface area contributed by atoms with E-state index in [1.165, 1.54) is 0 Å². The highest BCUT2D eigenvalue weighted by atomic mass is 79.9. The largest absolute Gasteiger partial charge is 0.506 e. The van der Waals surface area contributed by atoms with Crippen LogP contribution in [0.1, 0.15) is 18.4 Å². The monoisotopic (exact) mass is 550 g/mol. The summed E-state index contributed by atoms with van der Waals surface area (Å²) in [6.45, 7) is 1.69. The molecule has 1 N–H and O–H groups in total. The fourth-order valence-corrected chi connectivity index (χ4v) is 4.07. The number of halogens is 4.